The molecule has 0 bridgehead atoms. The van der Waals surface area contributed by atoms with Gasteiger partial charge in [-0.1, -0.05) is 17.7 Å². The molecule has 0 spiro atoms. The van der Waals surface area contributed by atoms with Gasteiger partial charge in [0.15, 0.2) is 0 Å². The molecule has 2 aromatic heterocycles. The van der Waals surface area contributed by atoms with E-state index in [9.17, 15) is 9.59 Å². The topological polar surface area (TPSA) is 96.0 Å². The molecule has 3 N–H and O–H groups in total. The highest BCUT2D eigenvalue weighted by molar-refractivity contribution is 6.29. The zero-order chi connectivity index (χ0) is 16.8. The summed E-state index contributed by atoms with van der Waals surface area (Å²) in [6.45, 7) is 3.98. The summed E-state index contributed by atoms with van der Waals surface area (Å²) in [5, 5.41) is 3.31. The first-order chi connectivity index (χ1) is 11.0. The van der Waals surface area contributed by atoms with Crippen LogP contribution < -0.4 is 16.2 Å². The van der Waals surface area contributed by atoms with Gasteiger partial charge < -0.3 is 5.32 Å². The second-order valence-corrected chi connectivity index (χ2v) is 5.37. The van der Waals surface area contributed by atoms with Crippen LogP contribution >= 0.6 is 11.6 Å². The monoisotopic (exact) mass is 333 g/mol. The largest absolute Gasteiger partial charge is 0.368 e. The fourth-order valence-electron chi connectivity index (χ4n) is 1.69. The van der Waals surface area contributed by atoms with Gasteiger partial charge in [0.1, 0.15) is 16.7 Å². The van der Waals surface area contributed by atoms with E-state index in [1.807, 2.05) is 13.8 Å². The number of hydrazine groups is 1. The Balaban J connectivity index is 1.93. The molecule has 2 amide bonds. The molecule has 2 aromatic rings. The van der Waals surface area contributed by atoms with Crippen LogP contribution in [0.25, 0.3) is 0 Å². The Kier molecular flexibility index (Phi) is 5.48. The molecule has 0 aliphatic heterocycles. The number of rotatable bonds is 4. The number of nitrogens with zero attached hydrogens (tertiary/aromatic N) is 2. The Bertz CT molecular complexity index is 703. The molecule has 0 saturated carbocycles. The van der Waals surface area contributed by atoms with Crippen molar-refractivity contribution in [3.05, 3.63) is 52.9 Å². The van der Waals surface area contributed by atoms with Gasteiger partial charge in [0, 0.05) is 12.2 Å². The minimum atomic E-state index is -0.563. The van der Waals surface area contributed by atoms with Crippen molar-refractivity contribution < 1.29 is 9.59 Å². The molecule has 0 aliphatic carbocycles. The number of aromatic nitrogens is 2. The Morgan fingerprint density at radius 1 is 1.09 bits per heavy atom. The number of pyridine rings is 2. The second kappa shape index (κ2) is 7.55. The van der Waals surface area contributed by atoms with Gasteiger partial charge in [-0.25, -0.2) is 9.97 Å². The van der Waals surface area contributed by atoms with Crippen molar-refractivity contribution in [3.63, 3.8) is 0 Å². The Hall–Kier alpha value is -2.67. The SMILES string of the molecule is CC(C)Nc1ccc(C(=O)NNC(=O)c2cccc(Cl)n2)cn1. The van der Waals surface area contributed by atoms with E-state index in [2.05, 4.69) is 26.1 Å². The lowest BCUT2D eigenvalue weighted by atomic mass is 10.2. The maximum absolute atomic E-state index is 11.9. The molecule has 0 fully saturated rings. The maximum atomic E-state index is 11.9. The van der Waals surface area contributed by atoms with Crippen LogP contribution in [0.2, 0.25) is 5.15 Å². The minimum Gasteiger partial charge on any atom is -0.368 e. The predicted molar refractivity (Wildman–Crippen MR) is 87.2 cm³/mol. The highest BCUT2D eigenvalue weighted by atomic mass is 35.5. The first kappa shape index (κ1) is 16.7. The normalized spacial score (nSPS) is 10.3. The van der Waals surface area contributed by atoms with Gasteiger partial charge in [-0.15, -0.1) is 0 Å². The molecule has 0 radical (unpaired) electrons. The number of hydrogen-bond donors (Lipinski definition) is 3. The highest BCUT2D eigenvalue weighted by Gasteiger charge is 2.11. The van der Waals surface area contributed by atoms with Crippen molar-refractivity contribution in [1.29, 1.82) is 0 Å². The van der Waals surface area contributed by atoms with E-state index in [1.54, 1.807) is 24.3 Å². The van der Waals surface area contributed by atoms with Crippen molar-refractivity contribution in [1.82, 2.24) is 20.8 Å². The van der Waals surface area contributed by atoms with E-state index in [0.29, 0.717) is 11.4 Å². The number of carbonyl (C=O) groups is 2. The van der Waals surface area contributed by atoms with Crippen LogP contribution in [0.15, 0.2) is 36.5 Å². The molecule has 0 atom stereocenters. The van der Waals surface area contributed by atoms with Gasteiger partial charge in [-0.05, 0) is 38.1 Å². The first-order valence-corrected chi connectivity index (χ1v) is 7.29. The zero-order valence-electron chi connectivity index (χ0n) is 12.6. The fourth-order valence-corrected chi connectivity index (χ4v) is 1.86. The molecule has 8 heteroatoms. The van der Waals surface area contributed by atoms with Gasteiger partial charge >= 0.3 is 0 Å². The van der Waals surface area contributed by atoms with Gasteiger partial charge in [0.25, 0.3) is 11.8 Å². The molecule has 120 valence electrons. The zero-order valence-corrected chi connectivity index (χ0v) is 13.4. The number of anilines is 1. The van der Waals surface area contributed by atoms with E-state index in [4.69, 9.17) is 11.6 Å². The number of nitrogens with one attached hydrogen (secondary N) is 3. The van der Waals surface area contributed by atoms with Crippen molar-refractivity contribution in [3.8, 4) is 0 Å². The molecule has 7 nitrogen and oxygen atoms in total. The van der Waals surface area contributed by atoms with Crippen LogP contribution in [0, 0.1) is 0 Å². The Morgan fingerprint density at radius 2 is 1.83 bits per heavy atom. The Labute approximate surface area is 138 Å². The predicted octanol–water partition coefficient (Wildman–Crippen LogP) is 2.03. The summed E-state index contributed by atoms with van der Waals surface area (Å²) in [5.41, 5.74) is 4.99. The maximum Gasteiger partial charge on any atom is 0.288 e. The number of carbonyl (C=O) groups excluding carboxylic acids is 2. The van der Waals surface area contributed by atoms with Crippen LogP contribution in [0.3, 0.4) is 0 Å². The van der Waals surface area contributed by atoms with Crippen LogP contribution in [0.1, 0.15) is 34.7 Å². The third kappa shape index (κ3) is 4.93. The first-order valence-electron chi connectivity index (χ1n) is 6.91. The molecule has 0 aromatic carbocycles. The highest BCUT2D eigenvalue weighted by Crippen LogP contribution is 2.07. The summed E-state index contributed by atoms with van der Waals surface area (Å²) < 4.78 is 0. The second-order valence-electron chi connectivity index (χ2n) is 4.98. The van der Waals surface area contributed by atoms with Crippen LogP contribution in [0.4, 0.5) is 5.82 Å². The van der Waals surface area contributed by atoms with Crippen LogP contribution in [-0.4, -0.2) is 27.8 Å². The van der Waals surface area contributed by atoms with E-state index in [0.717, 1.165) is 0 Å². The number of amides is 2. The fraction of sp³-hybridized carbons (Fsp3) is 0.200. The summed E-state index contributed by atoms with van der Waals surface area (Å²) in [5.74, 6) is -0.375. The quantitative estimate of drug-likeness (QED) is 0.587. The molecule has 0 aliphatic rings. The summed E-state index contributed by atoms with van der Waals surface area (Å²) in [4.78, 5) is 31.8. The molecular formula is C15H16ClN5O2. The summed E-state index contributed by atoms with van der Waals surface area (Å²) in [6.07, 6.45) is 1.42. The van der Waals surface area contributed by atoms with Gasteiger partial charge in [-0.3, -0.25) is 20.4 Å². The van der Waals surface area contributed by atoms with Crippen molar-refractivity contribution in [2.75, 3.05) is 5.32 Å². The molecule has 2 heterocycles. The van der Waals surface area contributed by atoms with E-state index >= 15 is 0 Å². The van der Waals surface area contributed by atoms with Gasteiger partial charge in [0.05, 0.1) is 5.56 Å². The van der Waals surface area contributed by atoms with Crippen LogP contribution in [-0.2, 0) is 0 Å². The Morgan fingerprint density at radius 3 is 2.43 bits per heavy atom. The third-order valence-corrected chi connectivity index (χ3v) is 2.91. The average molecular weight is 334 g/mol. The van der Waals surface area contributed by atoms with Gasteiger partial charge in [0.2, 0.25) is 0 Å². The third-order valence-electron chi connectivity index (χ3n) is 2.70. The molecular weight excluding hydrogens is 318 g/mol. The van der Waals surface area contributed by atoms with E-state index in [1.165, 1.54) is 12.3 Å². The minimum absolute atomic E-state index is 0.104. The van der Waals surface area contributed by atoms with Crippen molar-refractivity contribution in [2.24, 2.45) is 0 Å². The molecule has 0 unspecified atom stereocenters. The van der Waals surface area contributed by atoms with Crippen molar-refractivity contribution in [2.45, 2.75) is 19.9 Å². The molecule has 23 heavy (non-hydrogen) atoms. The summed E-state index contributed by atoms with van der Waals surface area (Å²) in [6, 6.07) is 8.17. The van der Waals surface area contributed by atoms with E-state index < -0.39 is 11.8 Å². The lowest BCUT2D eigenvalue weighted by Crippen LogP contribution is -2.42. The standard InChI is InChI=1S/C15H16ClN5O2/c1-9(2)18-13-7-6-10(8-17-13)14(22)20-21-15(23)11-4-3-5-12(16)19-11/h3-9H,1-2H3,(H,17,18)(H,20,22)(H,21,23). The van der Waals surface area contributed by atoms with Gasteiger partial charge in [-0.2, -0.15) is 0 Å². The number of hydrogen-bond acceptors (Lipinski definition) is 5. The average Bonchev–Trinajstić information content (AvgIpc) is 2.52. The number of halogens is 1. The molecule has 2 rings (SSSR count). The smallest absolute Gasteiger partial charge is 0.288 e. The summed E-state index contributed by atoms with van der Waals surface area (Å²) in [7, 11) is 0. The lowest BCUT2D eigenvalue weighted by molar-refractivity contribution is 0.0844. The molecule has 0 saturated heterocycles. The lowest BCUT2D eigenvalue weighted by Gasteiger charge is -2.10. The van der Waals surface area contributed by atoms with Crippen molar-refractivity contribution >= 4 is 29.2 Å². The van der Waals surface area contributed by atoms with E-state index in [-0.39, 0.29) is 16.9 Å². The van der Waals surface area contributed by atoms with Crippen LogP contribution in [0.5, 0.6) is 0 Å². The summed E-state index contributed by atoms with van der Waals surface area (Å²) >= 11 is 5.71.